The van der Waals surface area contributed by atoms with E-state index in [-0.39, 0.29) is 0 Å². The Morgan fingerprint density at radius 2 is 2.12 bits per heavy atom. The molecule has 1 aromatic rings. The second-order valence-electron chi connectivity index (χ2n) is 4.45. The number of nitriles is 1. The van der Waals surface area contributed by atoms with Crippen LogP contribution < -0.4 is 5.32 Å². The molecule has 0 aliphatic rings. The van der Waals surface area contributed by atoms with Gasteiger partial charge >= 0.3 is 0 Å². The summed E-state index contributed by atoms with van der Waals surface area (Å²) in [5.74, 6) is 2.11. The molecule has 0 aliphatic carbocycles. The van der Waals surface area contributed by atoms with Gasteiger partial charge in [0.25, 0.3) is 0 Å². The smallest absolute Gasteiger partial charge is 0.133 e. The number of hydrogen-bond acceptors (Lipinski definition) is 4. The summed E-state index contributed by atoms with van der Waals surface area (Å²) in [6.45, 7) is 7.01. The second kappa shape index (κ2) is 6.85. The van der Waals surface area contributed by atoms with Crippen molar-refractivity contribution in [2.45, 2.75) is 46.0 Å². The summed E-state index contributed by atoms with van der Waals surface area (Å²) in [4.78, 5) is 8.86. The summed E-state index contributed by atoms with van der Waals surface area (Å²) >= 11 is 0. The minimum atomic E-state index is 0.342. The zero-order chi connectivity index (χ0) is 12.7. The Morgan fingerprint density at radius 1 is 1.35 bits per heavy atom. The van der Waals surface area contributed by atoms with Crippen LogP contribution in [-0.4, -0.2) is 16.5 Å². The molecule has 1 rings (SSSR count). The summed E-state index contributed by atoms with van der Waals surface area (Å²) in [7, 11) is 0. The molecule has 0 amide bonds. The van der Waals surface area contributed by atoms with Gasteiger partial charge in [-0.3, -0.25) is 0 Å². The molecule has 0 unspecified atom stereocenters. The molecule has 0 aromatic carbocycles. The summed E-state index contributed by atoms with van der Waals surface area (Å²) in [6, 6.07) is 4.10. The number of nitrogens with zero attached hydrogens (tertiary/aromatic N) is 3. The van der Waals surface area contributed by atoms with Crippen LogP contribution in [0.1, 0.15) is 50.5 Å². The number of rotatable bonds is 6. The monoisotopic (exact) mass is 232 g/mol. The van der Waals surface area contributed by atoms with E-state index in [1.54, 1.807) is 0 Å². The third-order valence-electron chi connectivity index (χ3n) is 2.41. The predicted molar refractivity (Wildman–Crippen MR) is 68.8 cm³/mol. The zero-order valence-corrected chi connectivity index (χ0v) is 10.8. The van der Waals surface area contributed by atoms with Crippen LogP contribution in [0.2, 0.25) is 0 Å². The Bertz CT molecular complexity index is 393. The normalized spacial score (nSPS) is 10.3. The first-order chi connectivity index (χ1) is 8.13. The maximum absolute atomic E-state index is 8.43. The Balaban J connectivity index is 2.50. The largest absolute Gasteiger partial charge is 0.370 e. The molecule has 0 bridgehead atoms. The van der Waals surface area contributed by atoms with Crippen molar-refractivity contribution in [1.29, 1.82) is 5.26 Å². The molecule has 1 heterocycles. The van der Waals surface area contributed by atoms with Gasteiger partial charge in [0.1, 0.15) is 11.6 Å². The first kappa shape index (κ1) is 13.4. The maximum atomic E-state index is 8.43. The second-order valence-corrected chi connectivity index (χ2v) is 4.45. The lowest BCUT2D eigenvalue weighted by molar-refractivity contribution is 0.756. The van der Waals surface area contributed by atoms with Crippen molar-refractivity contribution in [2.75, 3.05) is 11.9 Å². The fourth-order valence-corrected chi connectivity index (χ4v) is 1.49. The van der Waals surface area contributed by atoms with Crippen LogP contribution in [0.25, 0.3) is 0 Å². The Labute approximate surface area is 103 Å². The van der Waals surface area contributed by atoms with Gasteiger partial charge in [0.15, 0.2) is 0 Å². The lowest BCUT2D eigenvalue weighted by Gasteiger charge is -2.09. The molecular weight excluding hydrogens is 212 g/mol. The maximum Gasteiger partial charge on any atom is 0.133 e. The van der Waals surface area contributed by atoms with Gasteiger partial charge in [-0.25, -0.2) is 9.97 Å². The van der Waals surface area contributed by atoms with Gasteiger partial charge in [-0.1, -0.05) is 13.8 Å². The molecular formula is C13H20N4. The highest BCUT2D eigenvalue weighted by Gasteiger charge is 2.05. The van der Waals surface area contributed by atoms with Crippen molar-refractivity contribution in [3.63, 3.8) is 0 Å². The van der Waals surface area contributed by atoms with Crippen LogP contribution in [0.4, 0.5) is 5.82 Å². The van der Waals surface area contributed by atoms with Gasteiger partial charge in [0, 0.05) is 30.6 Å². The molecule has 1 N–H and O–H groups in total. The molecule has 17 heavy (non-hydrogen) atoms. The third kappa shape index (κ3) is 4.81. The number of nitrogens with one attached hydrogen (secondary N) is 1. The predicted octanol–water partition coefficient (Wildman–Crippen LogP) is 3.01. The van der Waals surface area contributed by atoms with Crippen LogP contribution in [0.5, 0.6) is 0 Å². The molecule has 0 saturated heterocycles. The van der Waals surface area contributed by atoms with Crippen molar-refractivity contribution in [1.82, 2.24) is 9.97 Å². The number of hydrogen-bond donors (Lipinski definition) is 1. The highest BCUT2D eigenvalue weighted by Crippen LogP contribution is 2.13. The molecule has 4 nitrogen and oxygen atoms in total. The van der Waals surface area contributed by atoms with Crippen LogP contribution in [0.15, 0.2) is 6.07 Å². The van der Waals surface area contributed by atoms with Crippen molar-refractivity contribution >= 4 is 5.82 Å². The minimum absolute atomic E-state index is 0.342. The topological polar surface area (TPSA) is 61.6 Å². The van der Waals surface area contributed by atoms with E-state index in [9.17, 15) is 0 Å². The average molecular weight is 232 g/mol. The third-order valence-corrected chi connectivity index (χ3v) is 2.41. The fourth-order valence-electron chi connectivity index (χ4n) is 1.49. The first-order valence-electron chi connectivity index (χ1n) is 6.10. The van der Waals surface area contributed by atoms with E-state index in [1.807, 2.05) is 13.0 Å². The average Bonchev–Trinajstić information content (AvgIpc) is 2.28. The standard InChI is InChI=1S/C13H20N4/c1-10(2)13-16-11(3)9-12(17-13)15-8-6-4-5-7-14/h9-10H,4-6,8H2,1-3H3,(H,15,16,17). The summed E-state index contributed by atoms with van der Waals surface area (Å²) in [5.41, 5.74) is 0.989. The molecule has 92 valence electrons. The number of anilines is 1. The van der Waals surface area contributed by atoms with Crippen LogP contribution in [0.3, 0.4) is 0 Å². The van der Waals surface area contributed by atoms with Gasteiger partial charge in [0.2, 0.25) is 0 Å². The van der Waals surface area contributed by atoms with Crippen molar-refractivity contribution in [3.05, 3.63) is 17.6 Å². The molecule has 0 aliphatic heterocycles. The van der Waals surface area contributed by atoms with E-state index in [0.717, 1.165) is 36.7 Å². The molecule has 0 fully saturated rings. The van der Waals surface area contributed by atoms with Crippen LogP contribution in [0, 0.1) is 18.3 Å². The summed E-state index contributed by atoms with van der Waals surface area (Å²) < 4.78 is 0. The lowest BCUT2D eigenvalue weighted by atomic mass is 10.2. The highest BCUT2D eigenvalue weighted by atomic mass is 15.0. The SMILES string of the molecule is Cc1cc(NCCCCC#N)nc(C(C)C)n1. The Hall–Kier alpha value is -1.63. The number of aromatic nitrogens is 2. The van der Waals surface area contributed by atoms with E-state index in [2.05, 4.69) is 35.2 Å². The molecule has 0 radical (unpaired) electrons. The summed E-state index contributed by atoms with van der Waals surface area (Å²) in [6.07, 6.45) is 2.56. The van der Waals surface area contributed by atoms with E-state index in [0.29, 0.717) is 12.3 Å². The lowest BCUT2D eigenvalue weighted by Crippen LogP contribution is -2.07. The molecule has 1 aromatic heterocycles. The fraction of sp³-hybridized carbons (Fsp3) is 0.615. The Morgan fingerprint density at radius 3 is 2.76 bits per heavy atom. The van der Waals surface area contributed by atoms with Gasteiger partial charge in [-0.05, 0) is 19.8 Å². The van der Waals surface area contributed by atoms with E-state index in [1.165, 1.54) is 0 Å². The highest BCUT2D eigenvalue weighted by molar-refractivity contribution is 5.36. The van der Waals surface area contributed by atoms with Crippen LogP contribution >= 0.6 is 0 Å². The van der Waals surface area contributed by atoms with E-state index >= 15 is 0 Å². The number of unbranched alkanes of at least 4 members (excludes halogenated alkanes) is 2. The summed E-state index contributed by atoms with van der Waals surface area (Å²) in [5, 5.41) is 11.7. The molecule has 4 heteroatoms. The minimum Gasteiger partial charge on any atom is -0.370 e. The zero-order valence-electron chi connectivity index (χ0n) is 10.8. The first-order valence-corrected chi connectivity index (χ1v) is 6.10. The van der Waals surface area contributed by atoms with Crippen LogP contribution in [-0.2, 0) is 0 Å². The molecule has 0 spiro atoms. The van der Waals surface area contributed by atoms with E-state index in [4.69, 9.17) is 5.26 Å². The molecule has 0 atom stereocenters. The van der Waals surface area contributed by atoms with Crippen molar-refractivity contribution in [3.8, 4) is 6.07 Å². The van der Waals surface area contributed by atoms with Crippen molar-refractivity contribution in [2.24, 2.45) is 0 Å². The number of aryl methyl sites for hydroxylation is 1. The van der Waals surface area contributed by atoms with Crippen molar-refractivity contribution < 1.29 is 0 Å². The van der Waals surface area contributed by atoms with Gasteiger partial charge in [0.05, 0.1) is 6.07 Å². The molecule has 0 saturated carbocycles. The van der Waals surface area contributed by atoms with Gasteiger partial charge < -0.3 is 5.32 Å². The Kier molecular flexibility index (Phi) is 5.41. The van der Waals surface area contributed by atoms with Gasteiger partial charge in [-0.15, -0.1) is 0 Å². The van der Waals surface area contributed by atoms with Gasteiger partial charge in [-0.2, -0.15) is 5.26 Å². The van der Waals surface area contributed by atoms with E-state index < -0.39 is 0 Å². The quantitative estimate of drug-likeness (QED) is 0.766.